The van der Waals surface area contributed by atoms with E-state index in [4.69, 9.17) is 14.7 Å². The summed E-state index contributed by atoms with van der Waals surface area (Å²) in [6, 6.07) is 2.44. The van der Waals surface area contributed by atoms with Gasteiger partial charge in [0, 0.05) is 42.1 Å². The molecule has 2 atom stereocenters. The van der Waals surface area contributed by atoms with Gasteiger partial charge in [-0.2, -0.15) is 4.98 Å². The largest absolute Gasteiger partial charge is 0.488 e. The van der Waals surface area contributed by atoms with Gasteiger partial charge < -0.3 is 20.5 Å². The van der Waals surface area contributed by atoms with Gasteiger partial charge in [-0.3, -0.25) is 4.98 Å². The quantitative estimate of drug-likeness (QED) is 0.501. The van der Waals surface area contributed by atoms with Gasteiger partial charge >= 0.3 is 0 Å². The van der Waals surface area contributed by atoms with Crippen molar-refractivity contribution in [2.45, 2.75) is 85.8 Å². The summed E-state index contributed by atoms with van der Waals surface area (Å²) in [5, 5.41) is 16.7. The summed E-state index contributed by atoms with van der Waals surface area (Å²) in [5.41, 5.74) is 5.13. The molecule has 1 fully saturated rings. The van der Waals surface area contributed by atoms with Crippen LogP contribution in [-0.4, -0.2) is 39.3 Å². The van der Waals surface area contributed by atoms with Gasteiger partial charge in [0.25, 0.3) is 0 Å². The fourth-order valence-corrected chi connectivity index (χ4v) is 4.61. The minimum atomic E-state index is -0.0286. The van der Waals surface area contributed by atoms with E-state index in [1.165, 1.54) is 0 Å². The van der Waals surface area contributed by atoms with Crippen LogP contribution in [-0.2, 0) is 16.8 Å². The van der Waals surface area contributed by atoms with Crippen LogP contribution in [0.1, 0.15) is 88.9 Å². The number of hydrogen-bond acceptors (Lipinski definition) is 7. The Labute approximate surface area is 209 Å². The van der Waals surface area contributed by atoms with Gasteiger partial charge in [-0.25, -0.2) is 4.98 Å². The van der Waals surface area contributed by atoms with Crippen LogP contribution >= 0.6 is 0 Å². The number of aromatic nitrogens is 3. The molecule has 3 heterocycles. The molecule has 2 aromatic heterocycles. The lowest BCUT2D eigenvalue weighted by molar-refractivity contribution is 0.229. The number of rotatable bonds is 6. The van der Waals surface area contributed by atoms with Crippen LogP contribution in [0, 0.1) is 18.3 Å². The predicted molar refractivity (Wildman–Crippen MR) is 142 cm³/mol. The zero-order chi connectivity index (χ0) is 25.4. The van der Waals surface area contributed by atoms with Gasteiger partial charge in [0.2, 0.25) is 5.95 Å². The Morgan fingerprint density at radius 2 is 1.89 bits per heavy atom. The minimum absolute atomic E-state index is 0.0286. The number of nitrogens with zero attached hydrogens (tertiary/aromatic N) is 3. The SMILES string of the molecule is Cc1nc(NCC(C)(C)C)nc(NC2CCC(CO)C2)c1C1=Cc2cc(C(C)(C)C)ncc2CO1. The number of ether oxygens (including phenoxy) is 1. The first kappa shape index (κ1) is 25.4. The molecule has 0 bridgehead atoms. The number of hydrogen-bond donors (Lipinski definition) is 3. The van der Waals surface area contributed by atoms with Gasteiger partial charge in [-0.05, 0) is 55.2 Å². The van der Waals surface area contributed by atoms with Gasteiger partial charge in [0.1, 0.15) is 18.2 Å². The maximum absolute atomic E-state index is 9.62. The standard InChI is InChI=1S/C28H41N5O2/c1-17-24(22-11-19-12-23(28(5,6)7)29-13-20(19)15-35-22)25(32-21-9-8-18(10-21)14-34)33-26(31-17)30-16-27(2,3)4/h11-13,18,21,34H,8-10,14-16H2,1-7H3,(H2,30,31,32,33). The van der Waals surface area contributed by atoms with E-state index in [9.17, 15) is 5.11 Å². The molecule has 2 aliphatic rings. The monoisotopic (exact) mass is 479 g/mol. The summed E-state index contributed by atoms with van der Waals surface area (Å²) >= 11 is 0. The number of fused-ring (bicyclic) bond motifs is 1. The van der Waals surface area contributed by atoms with Crippen LogP contribution < -0.4 is 10.6 Å². The molecule has 4 rings (SSSR count). The van der Waals surface area contributed by atoms with Crippen molar-refractivity contribution in [3.05, 3.63) is 40.3 Å². The van der Waals surface area contributed by atoms with Gasteiger partial charge in [-0.1, -0.05) is 41.5 Å². The number of aliphatic hydroxyl groups is 1. The van der Waals surface area contributed by atoms with Crippen LogP contribution in [0.25, 0.3) is 11.8 Å². The van der Waals surface area contributed by atoms with E-state index in [0.717, 1.165) is 65.5 Å². The maximum Gasteiger partial charge on any atom is 0.224 e. The Morgan fingerprint density at radius 3 is 2.54 bits per heavy atom. The van der Waals surface area contributed by atoms with Gasteiger partial charge in [0.05, 0.1) is 11.3 Å². The fraction of sp³-hybridized carbons (Fsp3) is 0.607. The van der Waals surface area contributed by atoms with Crippen molar-refractivity contribution >= 4 is 23.6 Å². The number of nitrogens with one attached hydrogen (secondary N) is 2. The summed E-state index contributed by atoms with van der Waals surface area (Å²) < 4.78 is 6.24. The number of anilines is 2. The molecule has 1 aliphatic heterocycles. The highest BCUT2D eigenvalue weighted by molar-refractivity contribution is 5.85. The molecule has 0 radical (unpaired) electrons. The molecule has 0 saturated heterocycles. The minimum Gasteiger partial charge on any atom is -0.488 e. The van der Waals surface area contributed by atoms with E-state index < -0.39 is 0 Å². The smallest absolute Gasteiger partial charge is 0.224 e. The van der Waals surface area contributed by atoms with Crippen molar-refractivity contribution in [2.24, 2.45) is 11.3 Å². The first-order chi connectivity index (χ1) is 16.4. The van der Waals surface area contributed by atoms with E-state index in [2.05, 4.69) is 69.3 Å². The van der Waals surface area contributed by atoms with Crippen molar-refractivity contribution < 1.29 is 9.84 Å². The van der Waals surface area contributed by atoms with Crippen LogP contribution in [0.5, 0.6) is 0 Å². The Morgan fingerprint density at radius 1 is 1.11 bits per heavy atom. The summed E-state index contributed by atoms with van der Waals surface area (Å²) in [6.45, 7) is 16.6. The molecule has 7 nitrogen and oxygen atoms in total. The average Bonchev–Trinajstić information content (AvgIpc) is 3.23. The third kappa shape index (κ3) is 6.13. The zero-order valence-corrected chi connectivity index (χ0v) is 22.3. The van der Waals surface area contributed by atoms with Crippen molar-refractivity contribution in [1.29, 1.82) is 0 Å². The first-order valence-electron chi connectivity index (χ1n) is 12.8. The molecule has 35 heavy (non-hydrogen) atoms. The molecule has 7 heteroatoms. The van der Waals surface area contributed by atoms with E-state index in [0.29, 0.717) is 18.5 Å². The van der Waals surface area contributed by atoms with E-state index in [1.54, 1.807) is 0 Å². The van der Waals surface area contributed by atoms with Crippen LogP contribution in [0.3, 0.4) is 0 Å². The Hall–Kier alpha value is -2.67. The molecule has 2 aromatic rings. The molecular weight excluding hydrogens is 438 g/mol. The Bertz CT molecular complexity index is 1100. The maximum atomic E-state index is 9.62. The van der Waals surface area contributed by atoms with Gasteiger partial charge in [0.15, 0.2) is 0 Å². The van der Waals surface area contributed by atoms with Crippen molar-refractivity contribution in [2.75, 3.05) is 23.8 Å². The van der Waals surface area contributed by atoms with E-state index >= 15 is 0 Å². The third-order valence-corrected chi connectivity index (χ3v) is 6.71. The van der Waals surface area contributed by atoms with E-state index in [-0.39, 0.29) is 23.5 Å². The molecule has 3 N–H and O–H groups in total. The topological polar surface area (TPSA) is 92.2 Å². The van der Waals surface area contributed by atoms with Crippen molar-refractivity contribution in [1.82, 2.24) is 15.0 Å². The molecule has 1 saturated carbocycles. The summed E-state index contributed by atoms with van der Waals surface area (Å²) in [6.07, 6.45) is 7.01. The molecule has 0 amide bonds. The summed E-state index contributed by atoms with van der Waals surface area (Å²) in [4.78, 5) is 14.4. The number of aliphatic hydroxyl groups excluding tert-OH is 1. The average molecular weight is 480 g/mol. The fourth-order valence-electron chi connectivity index (χ4n) is 4.61. The molecule has 1 aliphatic carbocycles. The first-order valence-corrected chi connectivity index (χ1v) is 12.8. The number of aryl methyl sites for hydroxylation is 1. The van der Waals surface area contributed by atoms with Crippen LogP contribution in [0.4, 0.5) is 11.8 Å². The zero-order valence-electron chi connectivity index (χ0n) is 22.3. The van der Waals surface area contributed by atoms with Gasteiger partial charge in [-0.15, -0.1) is 0 Å². The summed E-state index contributed by atoms with van der Waals surface area (Å²) in [7, 11) is 0. The highest BCUT2D eigenvalue weighted by Gasteiger charge is 2.28. The second-order valence-corrected chi connectivity index (χ2v) is 12.3. The molecule has 0 spiro atoms. The van der Waals surface area contributed by atoms with Crippen LogP contribution in [0.15, 0.2) is 12.3 Å². The van der Waals surface area contributed by atoms with Crippen LogP contribution in [0.2, 0.25) is 0 Å². The normalized spacial score (nSPS) is 20.2. The molecule has 2 unspecified atom stereocenters. The predicted octanol–water partition coefficient (Wildman–Crippen LogP) is 5.54. The highest BCUT2D eigenvalue weighted by Crippen LogP contribution is 2.36. The third-order valence-electron chi connectivity index (χ3n) is 6.71. The molecular formula is C28H41N5O2. The lowest BCUT2D eigenvalue weighted by atomic mass is 9.89. The lowest BCUT2D eigenvalue weighted by Gasteiger charge is -2.25. The Balaban J connectivity index is 1.72. The molecule has 0 aromatic carbocycles. The van der Waals surface area contributed by atoms with Crippen molar-refractivity contribution in [3.8, 4) is 0 Å². The van der Waals surface area contributed by atoms with E-state index in [1.807, 2.05) is 13.1 Å². The summed E-state index contributed by atoms with van der Waals surface area (Å²) in [5.74, 6) is 2.54. The second kappa shape index (κ2) is 9.76. The highest BCUT2D eigenvalue weighted by atomic mass is 16.5. The number of pyridine rings is 1. The lowest BCUT2D eigenvalue weighted by Crippen LogP contribution is -2.23. The molecule has 190 valence electrons. The second-order valence-electron chi connectivity index (χ2n) is 12.3. The van der Waals surface area contributed by atoms with Crippen molar-refractivity contribution in [3.63, 3.8) is 0 Å². The Kier molecular flexibility index (Phi) is 7.09.